The first-order valence-electron chi connectivity index (χ1n) is 6.46. The van der Waals surface area contributed by atoms with Crippen molar-refractivity contribution < 1.29 is 0 Å². The summed E-state index contributed by atoms with van der Waals surface area (Å²) in [6, 6.07) is 6.20. The molecule has 0 radical (unpaired) electrons. The molecule has 0 amide bonds. The second-order valence-corrected chi connectivity index (χ2v) is 4.45. The predicted octanol–water partition coefficient (Wildman–Crippen LogP) is 3.14. The first kappa shape index (κ1) is 13.8. The van der Waals surface area contributed by atoms with E-state index >= 15 is 0 Å². The third kappa shape index (κ3) is 5.54. The third-order valence-corrected chi connectivity index (χ3v) is 2.78. The summed E-state index contributed by atoms with van der Waals surface area (Å²) in [5.74, 6) is 6.89. The number of hydrogen-bond donors (Lipinski definition) is 3. The Labute approximate surface area is 104 Å². The van der Waals surface area contributed by atoms with Gasteiger partial charge in [0.15, 0.2) is 0 Å². The Kier molecular flexibility index (Phi) is 6.40. The van der Waals surface area contributed by atoms with E-state index < -0.39 is 0 Å². The van der Waals surface area contributed by atoms with Crippen LogP contribution < -0.4 is 16.6 Å². The van der Waals surface area contributed by atoms with Crippen LogP contribution in [-0.4, -0.2) is 11.0 Å². The number of nitrogen functional groups attached to an aromatic ring is 1. The maximum Gasteiger partial charge on any atom is 0.142 e. The maximum atomic E-state index is 5.32. The topological polar surface area (TPSA) is 63.0 Å². The zero-order valence-corrected chi connectivity index (χ0v) is 10.9. The van der Waals surface area contributed by atoms with Gasteiger partial charge >= 0.3 is 0 Å². The number of nitrogens with one attached hydrogen (secondary N) is 2. The van der Waals surface area contributed by atoms with Gasteiger partial charge in [0.1, 0.15) is 11.6 Å². The average molecular weight is 236 g/mol. The highest BCUT2D eigenvalue weighted by molar-refractivity contribution is 5.44. The Bertz CT molecular complexity index is 314. The van der Waals surface area contributed by atoms with E-state index in [4.69, 9.17) is 5.84 Å². The van der Waals surface area contributed by atoms with Crippen molar-refractivity contribution in [3.05, 3.63) is 18.2 Å². The molecule has 0 aliphatic heterocycles. The van der Waals surface area contributed by atoms with Gasteiger partial charge in [-0.15, -0.1) is 0 Å². The molecule has 0 fully saturated rings. The lowest BCUT2D eigenvalue weighted by atomic mass is 10.1. The van der Waals surface area contributed by atoms with Gasteiger partial charge < -0.3 is 10.7 Å². The Morgan fingerprint density at radius 2 is 2.00 bits per heavy atom. The summed E-state index contributed by atoms with van der Waals surface area (Å²) in [6.07, 6.45) is 6.39. The Morgan fingerprint density at radius 3 is 2.71 bits per heavy atom. The lowest BCUT2D eigenvalue weighted by Crippen LogP contribution is -2.17. The van der Waals surface area contributed by atoms with E-state index in [1.807, 2.05) is 18.2 Å². The molecule has 4 nitrogen and oxygen atoms in total. The summed E-state index contributed by atoms with van der Waals surface area (Å²) >= 11 is 0. The summed E-state index contributed by atoms with van der Waals surface area (Å²) in [5, 5.41) is 3.39. The van der Waals surface area contributed by atoms with Crippen LogP contribution in [0.4, 0.5) is 11.6 Å². The standard InChI is InChI=1S/C13H24N4/c1-3-4-5-6-8-11(2)15-12-9-7-10-13(16-12)17-14/h7,9-11H,3-6,8,14H2,1-2H3,(H2,15,16,17). The SMILES string of the molecule is CCCCCCC(C)Nc1cccc(NN)n1. The highest BCUT2D eigenvalue weighted by Crippen LogP contribution is 2.12. The Morgan fingerprint density at radius 1 is 1.24 bits per heavy atom. The van der Waals surface area contributed by atoms with Crippen LogP contribution in [0.3, 0.4) is 0 Å². The van der Waals surface area contributed by atoms with E-state index in [-0.39, 0.29) is 0 Å². The summed E-state index contributed by atoms with van der Waals surface area (Å²) in [4.78, 5) is 4.33. The fraction of sp³-hybridized carbons (Fsp3) is 0.615. The number of unbranched alkanes of at least 4 members (excludes halogenated alkanes) is 3. The molecule has 0 spiro atoms. The number of hydrogen-bond acceptors (Lipinski definition) is 4. The van der Waals surface area contributed by atoms with Gasteiger partial charge in [0.2, 0.25) is 0 Å². The van der Waals surface area contributed by atoms with Crippen molar-refractivity contribution in [3.8, 4) is 0 Å². The second kappa shape index (κ2) is 7.90. The molecule has 1 heterocycles. The van der Waals surface area contributed by atoms with Crippen molar-refractivity contribution in [1.29, 1.82) is 0 Å². The van der Waals surface area contributed by atoms with Crippen LogP contribution in [0.25, 0.3) is 0 Å². The average Bonchev–Trinajstić information content (AvgIpc) is 2.35. The van der Waals surface area contributed by atoms with Crippen molar-refractivity contribution in [3.63, 3.8) is 0 Å². The lowest BCUT2D eigenvalue weighted by Gasteiger charge is -2.14. The molecular formula is C13H24N4. The van der Waals surface area contributed by atoms with Gasteiger partial charge in [-0.25, -0.2) is 10.8 Å². The zero-order valence-electron chi connectivity index (χ0n) is 10.9. The van der Waals surface area contributed by atoms with Crippen molar-refractivity contribution in [2.24, 2.45) is 5.84 Å². The van der Waals surface area contributed by atoms with Gasteiger partial charge in [-0.1, -0.05) is 38.7 Å². The Hall–Kier alpha value is -1.29. The number of anilines is 2. The molecule has 1 aromatic rings. The first-order valence-corrected chi connectivity index (χ1v) is 6.46. The zero-order chi connectivity index (χ0) is 12.5. The summed E-state index contributed by atoms with van der Waals surface area (Å²) in [5.41, 5.74) is 2.55. The molecule has 1 aromatic heterocycles. The van der Waals surface area contributed by atoms with E-state index in [0.29, 0.717) is 11.9 Å². The van der Waals surface area contributed by atoms with Crippen LogP contribution in [0.5, 0.6) is 0 Å². The number of rotatable bonds is 8. The highest BCUT2D eigenvalue weighted by Gasteiger charge is 2.03. The molecule has 1 atom stereocenters. The van der Waals surface area contributed by atoms with Gasteiger partial charge in [-0.3, -0.25) is 0 Å². The van der Waals surface area contributed by atoms with Gasteiger partial charge in [0, 0.05) is 6.04 Å². The molecule has 0 saturated heterocycles. The quantitative estimate of drug-likeness (QED) is 0.368. The Balaban J connectivity index is 2.31. The maximum absolute atomic E-state index is 5.32. The van der Waals surface area contributed by atoms with Crippen LogP contribution in [0.1, 0.15) is 46.0 Å². The number of nitrogens with two attached hydrogens (primary N) is 1. The minimum absolute atomic E-state index is 0.451. The van der Waals surface area contributed by atoms with E-state index in [2.05, 4.69) is 29.6 Å². The normalized spacial score (nSPS) is 12.2. The highest BCUT2D eigenvalue weighted by atomic mass is 15.3. The lowest BCUT2D eigenvalue weighted by molar-refractivity contribution is 0.593. The van der Waals surface area contributed by atoms with Crippen LogP contribution in [0.2, 0.25) is 0 Å². The molecular weight excluding hydrogens is 212 g/mol. The molecule has 0 saturated carbocycles. The van der Waals surface area contributed by atoms with Crippen LogP contribution >= 0.6 is 0 Å². The number of aromatic nitrogens is 1. The molecule has 4 N–H and O–H groups in total. The van der Waals surface area contributed by atoms with Gasteiger partial charge in [-0.05, 0) is 25.5 Å². The van der Waals surface area contributed by atoms with E-state index in [9.17, 15) is 0 Å². The fourth-order valence-electron chi connectivity index (χ4n) is 1.80. The van der Waals surface area contributed by atoms with E-state index in [1.165, 1.54) is 32.1 Å². The number of pyridine rings is 1. The smallest absolute Gasteiger partial charge is 0.142 e. The van der Waals surface area contributed by atoms with Crippen LogP contribution in [-0.2, 0) is 0 Å². The van der Waals surface area contributed by atoms with Crippen molar-refractivity contribution in [2.45, 2.75) is 52.0 Å². The second-order valence-electron chi connectivity index (χ2n) is 4.45. The largest absolute Gasteiger partial charge is 0.368 e. The third-order valence-electron chi connectivity index (χ3n) is 2.78. The molecule has 0 aliphatic carbocycles. The first-order chi connectivity index (χ1) is 8.26. The molecule has 1 rings (SSSR count). The summed E-state index contributed by atoms with van der Waals surface area (Å²) in [7, 11) is 0. The number of nitrogens with zero attached hydrogens (tertiary/aromatic N) is 1. The minimum Gasteiger partial charge on any atom is -0.368 e. The summed E-state index contributed by atoms with van der Waals surface area (Å²) in [6.45, 7) is 4.42. The van der Waals surface area contributed by atoms with Crippen molar-refractivity contribution >= 4 is 11.6 Å². The molecule has 1 unspecified atom stereocenters. The van der Waals surface area contributed by atoms with Crippen LogP contribution in [0, 0.1) is 0 Å². The molecule has 0 bridgehead atoms. The van der Waals surface area contributed by atoms with Crippen LogP contribution in [0.15, 0.2) is 18.2 Å². The number of hydrazine groups is 1. The molecule has 0 aliphatic rings. The summed E-state index contributed by atoms with van der Waals surface area (Å²) < 4.78 is 0. The van der Waals surface area contributed by atoms with Gasteiger partial charge in [0.05, 0.1) is 0 Å². The molecule has 4 heteroatoms. The van der Waals surface area contributed by atoms with E-state index in [1.54, 1.807) is 0 Å². The monoisotopic (exact) mass is 236 g/mol. The van der Waals surface area contributed by atoms with Crippen molar-refractivity contribution in [1.82, 2.24) is 4.98 Å². The van der Waals surface area contributed by atoms with E-state index in [0.717, 1.165) is 5.82 Å². The predicted molar refractivity (Wildman–Crippen MR) is 73.9 cm³/mol. The molecule has 0 aromatic carbocycles. The van der Waals surface area contributed by atoms with Gasteiger partial charge in [0.25, 0.3) is 0 Å². The van der Waals surface area contributed by atoms with Crippen molar-refractivity contribution in [2.75, 3.05) is 10.7 Å². The minimum atomic E-state index is 0.451. The molecule has 96 valence electrons. The molecule has 17 heavy (non-hydrogen) atoms. The fourth-order valence-corrected chi connectivity index (χ4v) is 1.80. The van der Waals surface area contributed by atoms with Gasteiger partial charge in [-0.2, -0.15) is 0 Å².